The van der Waals surface area contributed by atoms with E-state index in [2.05, 4.69) is 10.3 Å². The first-order chi connectivity index (χ1) is 14.1. The molecule has 0 saturated carbocycles. The van der Waals surface area contributed by atoms with Crippen molar-refractivity contribution in [3.63, 3.8) is 0 Å². The lowest BCUT2D eigenvalue weighted by Crippen LogP contribution is -2.30. The Balaban J connectivity index is 1.57. The molecule has 0 saturated heterocycles. The van der Waals surface area contributed by atoms with Gasteiger partial charge in [0.1, 0.15) is 0 Å². The van der Waals surface area contributed by atoms with Crippen LogP contribution in [0.1, 0.15) is 27.5 Å². The molecule has 4 rings (SSSR count). The maximum absolute atomic E-state index is 13.4. The van der Waals surface area contributed by atoms with E-state index in [-0.39, 0.29) is 5.78 Å². The van der Waals surface area contributed by atoms with Gasteiger partial charge in [-0.2, -0.15) is 0 Å². The first kappa shape index (κ1) is 19.7. The number of H-pyrrole nitrogens is 1. The third-order valence-corrected chi connectivity index (χ3v) is 5.73. The molecule has 146 valence electrons. The van der Waals surface area contributed by atoms with Crippen LogP contribution < -0.4 is 5.32 Å². The Morgan fingerprint density at radius 1 is 0.931 bits per heavy atom. The summed E-state index contributed by atoms with van der Waals surface area (Å²) in [6.45, 7) is 0.631. The number of fused-ring (bicyclic) bond motifs is 1. The molecule has 3 aromatic carbocycles. The van der Waals surface area contributed by atoms with Crippen LogP contribution in [0.5, 0.6) is 0 Å². The molecule has 1 atom stereocenters. The number of halogens is 2. The van der Waals surface area contributed by atoms with Crippen molar-refractivity contribution in [1.82, 2.24) is 10.3 Å². The number of para-hydroxylation sites is 1. The first-order valence-electron chi connectivity index (χ1n) is 9.46. The summed E-state index contributed by atoms with van der Waals surface area (Å²) in [5.41, 5.74) is 3.66. The van der Waals surface area contributed by atoms with Crippen molar-refractivity contribution >= 4 is 39.9 Å². The van der Waals surface area contributed by atoms with E-state index in [0.717, 1.165) is 28.5 Å². The summed E-state index contributed by atoms with van der Waals surface area (Å²) < 4.78 is 0. The Morgan fingerprint density at radius 2 is 1.69 bits per heavy atom. The number of benzene rings is 3. The van der Waals surface area contributed by atoms with Crippen LogP contribution in [0, 0.1) is 0 Å². The number of Topliss-reactive ketones (excluding diaryl/α,β-unsaturated/α-hetero) is 1. The van der Waals surface area contributed by atoms with Gasteiger partial charge in [-0.3, -0.25) is 4.79 Å². The SMILES string of the molecule is O=C(c1c[nH]c2ccccc12)[C@@H](NCCc1ccc(Cl)c(Cl)c1)c1ccccc1. The van der Waals surface area contributed by atoms with Crippen molar-refractivity contribution in [3.05, 3.63) is 106 Å². The minimum absolute atomic E-state index is 0.0442. The highest BCUT2D eigenvalue weighted by molar-refractivity contribution is 6.42. The van der Waals surface area contributed by atoms with Crippen molar-refractivity contribution in [3.8, 4) is 0 Å². The summed E-state index contributed by atoms with van der Waals surface area (Å²) in [6, 6.07) is 22.8. The molecule has 3 nitrogen and oxygen atoms in total. The topological polar surface area (TPSA) is 44.9 Å². The van der Waals surface area contributed by atoms with Gasteiger partial charge >= 0.3 is 0 Å². The number of carbonyl (C=O) groups excluding carboxylic acids is 1. The van der Waals surface area contributed by atoms with Gasteiger partial charge in [-0.05, 0) is 35.7 Å². The molecular weight excluding hydrogens is 403 g/mol. The Kier molecular flexibility index (Phi) is 6.00. The smallest absolute Gasteiger partial charge is 0.186 e. The summed E-state index contributed by atoms with van der Waals surface area (Å²) in [6.07, 6.45) is 2.53. The lowest BCUT2D eigenvalue weighted by molar-refractivity contribution is 0.0945. The third-order valence-electron chi connectivity index (χ3n) is 5.00. The summed E-state index contributed by atoms with van der Waals surface area (Å²) in [4.78, 5) is 16.6. The predicted molar refractivity (Wildman–Crippen MR) is 120 cm³/mol. The van der Waals surface area contributed by atoms with E-state index >= 15 is 0 Å². The fourth-order valence-corrected chi connectivity index (χ4v) is 3.81. The number of hydrogen-bond donors (Lipinski definition) is 2. The van der Waals surface area contributed by atoms with E-state index in [9.17, 15) is 4.79 Å². The standard InChI is InChI=1S/C24H20Cl2N2O/c25-20-11-10-16(14-21(20)26)12-13-27-23(17-6-2-1-3-7-17)24(29)19-15-28-22-9-5-4-8-18(19)22/h1-11,14-15,23,27-28H,12-13H2/t23-/m0/s1. The highest BCUT2D eigenvalue weighted by atomic mass is 35.5. The summed E-state index contributed by atoms with van der Waals surface area (Å²) in [7, 11) is 0. The molecule has 5 heteroatoms. The fraction of sp³-hybridized carbons (Fsp3) is 0.125. The number of hydrogen-bond acceptors (Lipinski definition) is 2. The van der Waals surface area contributed by atoms with Gasteiger partial charge in [-0.1, -0.05) is 77.8 Å². The fourth-order valence-electron chi connectivity index (χ4n) is 3.49. The molecule has 0 amide bonds. The minimum Gasteiger partial charge on any atom is -0.360 e. The first-order valence-corrected chi connectivity index (χ1v) is 10.2. The number of rotatable bonds is 7. The van der Waals surface area contributed by atoms with Gasteiger partial charge in [0.2, 0.25) is 0 Å². The molecule has 0 aliphatic rings. The number of aromatic amines is 1. The Morgan fingerprint density at radius 3 is 2.48 bits per heavy atom. The zero-order chi connectivity index (χ0) is 20.2. The van der Waals surface area contributed by atoms with Gasteiger partial charge in [0.15, 0.2) is 5.78 Å². The highest BCUT2D eigenvalue weighted by Gasteiger charge is 2.23. The Bertz CT molecular complexity index is 1140. The van der Waals surface area contributed by atoms with E-state index in [1.165, 1.54) is 0 Å². The molecule has 0 bridgehead atoms. The summed E-state index contributed by atoms with van der Waals surface area (Å²) in [5.74, 6) is 0.0442. The van der Waals surface area contributed by atoms with E-state index in [0.29, 0.717) is 22.2 Å². The zero-order valence-electron chi connectivity index (χ0n) is 15.7. The van der Waals surface area contributed by atoms with Crippen LogP contribution in [-0.4, -0.2) is 17.3 Å². The molecule has 0 aliphatic heterocycles. The average molecular weight is 423 g/mol. The Hall–Kier alpha value is -2.59. The van der Waals surface area contributed by atoms with Crippen LogP contribution in [0.15, 0.2) is 79.0 Å². The molecule has 1 heterocycles. The van der Waals surface area contributed by atoms with Crippen LogP contribution in [0.4, 0.5) is 0 Å². The van der Waals surface area contributed by atoms with Gasteiger partial charge in [0.25, 0.3) is 0 Å². The van der Waals surface area contributed by atoms with E-state index in [1.54, 1.807) is 12.3 Å². The molecule has 0 radical (unpaired) electrons. The second-order valence-corrected chi connectivity index (χ2v) is 7.72. The van der Waals surface area contributed by atoms with Crippen LogP contribution in [0.2, 0.25) is 10.0 Å². The third kappa shape index (κ3) is 4.38. The van der Waals surface area contributed by atoms with Crippen molar-refractivity contribution < 1.29 is 4.79 Å². The molecule has 4 aromatic rings. The van der Waals surface area contributed by atoms with E-state index in [4.69, 9.17) is 23.2 Å². The maximum Gasteiger partial charge on any atom is 0.186 e. The molecule has 0 unspecified atom stereocenters. The molecule has 0 fully saturated rings. The van der Waals surface area contributed by atoms with Crippen molar-refractivity contribution in [2.45, 2.75) is 12.5 Å². The molecule has 0 aliphatic carbocycles. The Labute approximate surface area is 179 Å². The van der Waals surface area contributed by atoms with Crippen LogP contribution in [0.25, 0.3) is 10.9 Å². The second-order valence-electron chi connectivity index (χ2n) is 6.91. The minimum atomic E-state index is -0.432. The van der Waals surface area contributed by atoms with E-state index in [1.807, 2.05) is 66.7 Å². The molecule has 1 aromatic heterocycles. The van der Waals surface area contributed by atoms with Gasteiger partial charge < -0.3 is 10.3 Å². The number of ketones is 1. The van der Waals surface area contributed by atoms with Crippen LogP contribution in [-0.2, 0) is 6.42 Å². The quantitative estimate of drug-likeness (QED) is 0.346. The zero-order valence-corrected chi connectivity index (χ0v) is 17.2. The molecule has 0 spiro atoms. The second kappa shape index (κ2) is 8.83. The molecule has 2 N–H and O–H groups in total. The molecular formula is C24H20Cl2N2O. The van der Waals surface area contributed by atoms with Crippen LogP contribution in [0.3, 0.4) is 0 Å². The monoisotopic (exact) mass is 422 g/mol. The average Bonchev–Trinajstić information content (AvgIpc) is 3.18. The maximum atomic E-state index is 13.4. The van der Waals surface area contributed by atoms with Crippen molar-refractivity contribution in [2.75, 3.05) is 6.54 Å². The van der Waals surface area contributed by atoms with Gasteiger partial charge in [-0.15, -0.1) is 0 Å². The predicted octanol–water partition coefficient (Wildman–Crippen LogP) is 6.23. The number of carbonyl (C=O) groups is 1. The lowest BCUT2D eigenvalue weighted by Gasteiger charge is -2.18. The van der Waals surface area contributed by atoms with E-state index < -0.39 is 6.04 Å². The van der Waals surface area contributed by atoms with Crippen molar-refractivity contribution in [1.29, 1.82) is 0 Å². The number of nitrogens with one attached hydrogen (secondary N) is 2. The lowest BCUT2D eigenvalue weighted by atomic mass is 9.96. The van der Waals surface area contributed by atoms with Gasteiger partial charge in [-0.25, -0.2) is 0 Å². The summed E-state index contributed by atoms with van der Waals surface area (Å²) in [5, 5.41) is 5.45. The highest BCUT2D eigenvalue weighted by Crippen LogP contribution is 2.25. The normalized spacial score (nSPS) is 12.2. The van der Waals surface area contributed by atoms with Crippen molar-refractivity contribution in [2.24, 2.45) is 0 Å². The van der Waals surface area contributed by atoms with Crippen LogP contribution >= 0.6 is 23.2 Å². The summed E-state index contributed by atoms with van der Waals surface area (Å²) >= 11 is 12.1. The van der Waals surface area contributed by atoms with Gasteiger partial charge in [0, 0.05) is 29.2 Å². The molecule has 29 heavy (non-hydrogen) atoms. The number of aromatic nitrogens is 1. The van der Waals surface area contributed by atoms with Gasteiger partial charge in [0.05, 0.1) is 16.1 Å². The largest absolute Gasteiger partial charge is 0.360 e.